The van der Waals surface area contributed by atoms with Crippen LogP contribution in [0.2, 0.25) is 5.02 Å². The number of amides is 1. The van der Waals surface area contributed by atoms with Crippen molar-refractivity contribution in [3.05, 3.63) is 28.3 Å². The third-order valence-electron chi connectivity index (χ3n) is 4.90. The molecule has 2 rings (SSSR count). The van der Waals surface area contributed by atoms with Gasteiger partial charge in [-0.15, -0.1) is 5.92 Å². The predicted octanol–water partition coefficient (Wildman–Crippen LogP) is 3.22. The summed E-state index contributed by atoms with van der Waals surface area (Å²) < 4.78 is 5.39. The van der Waals surface area contributed by atoms with Crippen molar-refractivity contribution in [2.75, 3.05) is 20.7 Å². The number of carbonyl (C=O) groups is 3. The molecule has 27 heavy (non-hydrogen) atoms. The van der Waals surface area contributed by atoms with Crippen molar-refractivity contribution in [2.45, 2.75) is 39.0 Å². The van der Waals surface area contributed by atoms with E-state index in [1.54, 1.807) is 31.0 Å². The van der Waals surface area contributed by atoms with Gasteiger partial charge in [-0.2, -0.15) is 0 Å². The zero-order valence-corrected chi connectivity index (χ0v) is 16.9. The molecule has 0 unspecified atom stereocenters. The number of ketones is 2. The van der Waals surface area contributed by atoms with Crippen LogP contribution in [0.25, 0.3) is 0 Å². The van der Waals surface area contributed by atoms with Crippen LogP contribution < -0.4 is 4.74 Å². The second-order valence-electron chi connectivity index (χ2n) is 6.82. The molecule has 1 amide bonds. The summed E-state index contributed by atoms with van der Waals surface area (Å²) in [4.78, 5) is 38.5. The highest BCUT2D eigenvalue weighted by atomic mass is 35.5. The van der Waals surface area contributed by atoms with Gasteiger partial charge in [0.1, 0.15) is 23.2 Å². The second-order valence-corrected chi connectivity index (χ2v) is 7.23. The molecule has 5 nitrogen and oxygen atoms in total. The minimum absolute atomic E-state index is 0.0341. The first kappa shape index (κ1) is 21.0. The molecular formula is C21H24ClNO4. The standard InChI is InChI=1S/C21H24ClNO4/c1-5-6-14-9-16(22)20(19(12-14)27-4)21-17(25)10-15(11-18(21)26)7-8-23(3)13(2)24/h9,12,15,21H,7-8,10-11H2,1-4H3. The molecule has 1 aliphatic rings. The van der Waals surface area contributed by atoms with Crippen molar-refractivity contribution < 1.29 is 19.1 Å². The summed E-state index contributed by atoms with van der Waals surface area (Å²) in [6, 6.07) is 3.36. The number of ether oxygens (including phenoxy) is 1. The molecule has 1 fully saturated rings. The van der Waals surface area contributed by atoms with Crippen LogP contribution in [0.5, 0.6) is 5.75 Å². The molecule has 0 bridgehead atoms. The summed E-state index contributed by atoms with van der Waals surface area (Å²) in [5, 5.41) is 0.313. The first-order valence-corrected chi connectivity index (χ1v) is 9.23. The fourth-order valence-corrected chi connectivity index (χ4v) is 3.69. The van der Waals surface area contributed by atoms with Gasteiger partial charge in [0.2, 0.25) is 5.91 Å². The van der Waals surface area contributed by atoms with E-state index in [-0.39, 0.29) is 36.2 Å². The number of rotatable bonds is 5. The minimum atomic E-state index is -0.905. The topological polar surface area (TPSA) is 63.7 Å². The third kappa shape index (κ3) is 4.90. The highest BCUT2D eigenvalue weighted by molar-refractivity contribution is 6.32. The van der Waals surface area contributed by atoms with E-state index in [4.69, 9.17) is 16.3 Å². The minimum Gasteiger partial charge on any atom is -0.496 e. The quantitative estimate of drug-likeness (QED) is 0.573. The van der Waals surface area contributed by atoms with Gasteiger partial charge in [-0.05, 0) is 31.4 Å². The molecule has 1 aliphatic carbocycles. The molecule has 1 aromatic rings. The molecule has 0 saturated heterocycles. The van der Waals surface area contributed by atoms with E-state index >= 15 is 0 Å². The Labute approximate surface area is 165 Å². The zero-order valence-electron chi connectivity index (χ0n) is 16.1. The predicted molar refractivity (Wildman–Crippen MR) is 104 cm³/mol. The van der Waals surface area contributed by atoms with Gasteiger partial charge in [-0.25, -0.2) is 0 Å². The van der Waals surface area contributed by atoms with E-state index in [1.165, 1.54) is 14.0 Å². The Morgan fingerprint density at radius 2 is 1.93 bits per heavy atom. The molecule has 0 spiro atoms. The highest BCUT2D eigenvalue weighted by Gasteiger charge is 2.39. The summed E-state index contributed by atoms with van der Waals surface area (Å²) in [5.41, 5.74) is 1.10. The van der Waals surface area contributed by atoms with Gasteiger partial charge in [-0.3, -0.25) is 14.4 Å². The molecule has 0 aliphatic heterocycles. The maximum absolute atomic E-state index is 12.8. The largest absolute Gasteiger partial charge is 0.496 e. The van der Waals surface area contributed by atoms with Gasteiger partial charge in [0.15, 0.2) is 0 Å². The van der Waals surface area contributed by atoms with Crippen LogP contribution in [0.4, 0.5) is 0 Å². The van der Waals surface area contributed by atoms with Crippen molar-refractivity contribution in [3.8, 4) is 17.6 Å². The molecule has 0 heterocycles. The Balaban J connectivity index is 2.23. The maximum atomic E-state index is 12.8. The lowest BCUT2D eigenvalue weighted by Crippen LogP contribution is -2.34. The van der Waals surface area contributed by atoms with Gasteiger partial charge >= 0.3 is 0 Å². The normalized spacial score (nSPS) is 19.3. The first-order chi connectivity index (χ1) is 12.8. The molecule has 0 aromatic heterocycles. The number of hydrogen-bond acceptors (Lipinski definition) is 4. The number of benzene rings is 1. The van der Waals surface area contributed by atoms with Gasteiger partial charge in [0, 0.05) is 49.5 Å². The molecule has 0 N–H and O–H groups in total. The Hall–Kier alpha value is -2.32. The van der Waals surface area contributed by atoms with Crippen LogP contribution in [0.15, 0.2) is 12.1 Å². The fraction of sp³-hybridized carbons (Fsp3) is 0.476. The van der Waals surface area contributed by atoms with Gasteiger partial charge in [-0.1, -0.05) is 17.5 Å². The van der Waals surface area contributed by atoms with Crippen LogP contribution in [0, 0.1) is 17.8 Å². The van der Waals surface area contributed by atoms with Crippen molar-refractivity contribution >= 4 is 29.1 Å². The third-order valence-corrected chi connectivity index (χ3v) is 5.22. The number of halogens is 1. The monoisotopic (exact) mass is 389 g/mol. The summed E-state index contributed by atoms with van der Waals surface area (Å²) in [6.45, 7) is 3.74. The van der Waals surface area contributed by atoms with Crippen LogP contribution >= 0.6 is 11.6 Å². The number of hydrogen-bond donors (Lipinski definition) is 0. The van der Waals surface area contributed by atoms with Crippen molar-refractivity contribution in [1.29, 1.82) is 0 Å². The summed E-state index contributed by atoms with van der Waals surface area (Å²) in [5.74, 6) is 4.79. The van der Waals surface area contributed by atoms with E-state index in [0.29, 0.717) is 34.9 Å². The Kier molecular flexibility index (Phi) is 7.04. The summed E-state index contributed by atoms with van der Waals surface area (Å²) in [7, 11) is 3.19. The van der Waals surface area contributed by atoms with Crippen molar-refractivity contribution in [3.63, 3.8) is 0 Å². The molecule has 144 valence electrons. The molecular weight excluding hydrogens is 366 g/mol. The van der Waals surface area contributed by atoms with Crippen molar-refractivity contribution in [1.82, 2.24) is 4.90 Å². The molecule has 1 saturated carbocycles. The van der Waals surface area contributed by atoms with Gasteiger partial charge in [0.25, 0.3) is 0 Å². The van der Waals surface area contributed by atoms with Gasteiger partial charge < -0.3 is 9.64 Å². The lowest BCUT2D eigenvalue weighted by atomic mass is 9.75. The van der Waals surface area contributed by atoms with Crippen molar-refractivity contribution in [2.24, 2.45) is 5.92 Å². The van der Waals surface area contributed by atoms with E-state index < -0.39 is 5.92 Å². The fourth-order valence-electron chi connectivity index (χ4n) is 3.37. The lowest BCUT2D eigenvalue weighted by molar-refractivity contribution is -0.133. The van der Waals surface area contributed by atoms with E-state index in [1.807, 2.05) is 0 Å². The number of nitrogens with zero attached hydrogens (tertiary/aromatic N) is 1. The maximum Gasteiger partial charge on any atom is 0.219 e. The van der Waals surface area contributed by atoms with Gasteiger partial charge in [0.05, 0.1) is 7.11 Å². The molecule has 0 radical (unpaired) electrons. The average molecular weight is 390 g/mol. The van der Waals surface area contributed by atoms with E-state index in [0.717, 1.165) is 0 Å². The van der Waals surface area contributed by atoms with Crippen LogP contribution in [0.1, 0.15) is 50.2 Å². The summed E-state index contributed by atoms with van der Waals surface area (Å²) >= 11 is 6.39. The molecule has 0 atom stereocenters. The lowest BCUT2D eigenvalue weighted by Gasteiger charge is -2.29. The Morgan fingerprint density at radius 3 is 2.44 bits per heavy atom. The molecule has 1 aromatic carbocycles. The first-order valence-electron chi connectivity index (χ1n) is 8.85. The Morgan fingerprint density at radius 1 is 1.30 bits per heavy atom. The van der Waals surface area contributed by atoms with E-state index in [9.17, 15) is 14.4 Å². The molecule has 6 heteroatoms. The SMILES string of the molecule is CC#Cc1cc(Cl)c(C2C(=O)CC(CCN(C)C(C)=O)CC2=O)c(OC)c1. The second kappa shape index (κ2) is 9.05. The van der Waals surface area contributed by atoms with Crippen LogP contribution in [-0.2, 0) is 14.4 Å². The average Bonchev–Trinajstić information content (AvgIpc) is 2.60. The van der Waals surface area contributed by atoms with Crippen LogP contribution in [-0.4, -0.2) is 43.1 Å². The smallest absolute Gasteiger partial charge is 0.219 e. The van der Waals surface area contributed by atoms with E-state index in [2.05, 4.69) is 11.8 Å². The Bertz CT molecular complexity index is 803. The highest BCUT2D eigenvalue weighted by Crippen LogP contribution is 2.40. The van der Waals surface area contributed by atoms with Crippen LogP contribution in [0.3, 0.4) is 0 Å². The number of Topliss-reactive ketones (excluding diaryl/α,β-unsaturated/α-hetero) is 2. The zero-order chi connectivity index (χ0) is 20.1. The number of methoxy groups -OCH3 is 1. The number of carbonyl (C=O) groups excluding carboxylic acids is 3. The summed E-state index contributed by atoms with van der Waals surface area (Å²) in [6.07, 6.45) is 1.20.